The van der Waals surface area contributed by atoms with Crippen molar-refractivity contribution in [3.8, 4) is 0 Å². The van der Waals surface area contributed by atoms with Gasteiger partial charge in [-0.25, -0.2) is 8.78 Å². The minimum Gasteiger partial charge on any atom is -0.393 e. The molecule has 3 nitrogen and oxygen atoms in total. The molecule has 2 N–H and O–H groups in total. The van der Waals surface area contributed by atoms with E-state index in [0.29, 0.717) is 55.4 Å². The molecule has 0 bridgehead atoms. The van der Waals surface area contributed by atoms with Crippen LogP contribution in [0.1, 0.15) is 78.6 Å². The number of fused-ring (bicyclic) bond motifs is 1. The van der Waals surface area contributed by atoms with Gasteiger partial charge in [-0.05, 0) is 94.4 Å². The van der Waals surface area contributed by atoms with Crippen LogP contribution in [0.4, 0.5) is 8.78 Å². The molecule has 182 valence electrons. The lowest BCUT2D eigenvalue weighted by molar-refractivity contribution is -0.0360. The summed E-state index contributed by atoms with van der Waals surface area (Å²) in [6, 6.07) is 0. The van der Waals surface area contributed by atoms with Gasteiger partial charge in [0, 0.05) is 19.0 Å². The van der Waals surface area contributed by atoms with E-state index in [4.69, 9.17) is 0 Å². The molecule has 0 aromatic carbocycles. The Labute approximate surface area is 193 Å². The summed E-state index contributed by atoms with van der Waals surface area (Å²) >= 11 is 0. The Hall–Kier alpha value is -0.780. The molecule has 4 aliphatic rings. The lowest BCUT2D eigenvalue weighted by Gasteiger charge is -2.45. The lowest BCUT2D eigenvalue weighted by Crippen LogP contribution is -2.40. The number of allylic oxidation sites excluding steroid dienone is 3. The van der Waals surface area contributed by atoms with Crippen molar-refractivity contribution in [3.63, 3.8) is 0 Å². The minimum absolute atomic E-state index is 0.293. The van der Waals surface area contributed by atoms with Crippen LogP contribution in [-0.2, 0) is 0 Å². The standard InChI is InChI=1S/C27H43F2NO2/c1-18(16-30-12-10-21(17-30)27(3,28)29)24-8-9-25-20(5-4-11-26(24,25)2)7-6-19-13-22(31)15-23(32)14-19/h6-7,18,21-25,31-32H,4-5,8-17H2,1-3H3/b19-6?,20-7+/t18-,21-,22-,23+,24+,25-,26+/m0/s1. The highest BCUT2D eigenvalue weighted by atomic mass is 19.3. The zero-order valence-corrected chi connectivity index (χ0v) is 20.2. The van der Waals surface area contributed by atoms with Crippen molar-refractivity contribution in [1.29, 1.82) is 0 Å². The fourth-order valence-electron chi connectivity index (χ4n) is 7.69. The van der Waals surface area contributed by atoms with Crippen LogP contribution < -0.4 is 0 Å². The predicted molar refractivity (Wildman–Crippen MR) is 125 cm³/mol. The normalized spacial score (nSPS) is 42.5. The first kappa shape index (κ1) is 24.3. The number of hydrogen-bond donors (Lipinski definition) is 2. The van der Waals surface area contributed by atoms with E-state index in [-0.39, 0.29) is 0 Å². The molecule has 3 aliphatic carbocycles. The van der Waals surface area contributed by atoms with Gasteiger partial charge >= 0.3 is 0 Å². The molecule has 1 saturated heterocycles. The maximum atomic E-state index is 13.7. The summed E-state index contributed by atoms with van der Waals surface area (Å²) in [5.74, 6) is -1.29. The van der Waals surface area contributed by atoms with E-state index in [1.54, 1.807) is 5.57 Å². The van der Waals surface area contributed by atoms with Crippen molar-refractivity contribution in [2.45, 2.75) is 96.7 Å². The Kier molecular flexibility index (Phi) is 7.20. The van der Waals surface area contributed by atoms with Crippen molar-refractivity contribution in [1.82, 2.24) is 4.90 Å². The third-order valence-corrected chi connectivity index (χ3v) is 9.33. The molecule has 1 aliphatic heterocycles. The third-order valence-electron chi connectivity index (χ3n) is 9.33. The number of hydrogen-bond acceptors (Lipinski definition) is 3. The molecular formula is C27H43F2NO2. The van der Waals surface area contributed by atoms with Gasteiger partial charge in [-0.2, -0.15) is 0 Å². The van der Waals surface area contributed by atoms with E-state index in [1.165, 1.54) is 25.7 Å². The van der Waals surface area contributed by atoms with Crippen molar-refractivity contribution in [3.05, 3.63) is 23.3 Å². The molecular weight excluding hydrogens is 408 g/mol. The van der Waals surface area contributed by atoms with E-state index >= 15 is 0 Å². The Bertz CT molecular complexity index is 718. The SMILES string of the molecule is C[C@@H](CN1CC[C@H](C(C)(F)F)C1)[C@H]1CC[C@H]2/C(=C/C=C3C[C@@H](O)C[C@@H](O)C3)CCC[C@]12C. The highest BCUT2D eigenvalue weighted by Gasteiger charge is 2.51. The van der Waals surface area contributed by atoms with Crippen LogP contribution in [-0.4, -0.2) is 52.9 Å². The Balaban J connectivity index is 1.41. The molecule has 4 fully saturated rings. The van der Waals surface area contributed by atoms with Crippen molar-refractivity contribution >= 4 is 0 Å². The summed E-state index contributed by atoms with van der Waals surface area (Å²) in [7, 11) is 0. The lowest BCUT2D eigenvalue weighted by atomic mass is 9.61. The molecule has 0 radical (unpaired) electrons. The molecule has 4 rings (SSSR count). The van der Waals surface area contributed by atoms with Gasteiger partial charge < -0.3 is 15.1 Å². The van der Waals surface area contributed by atoms with Gasteiger partial charge in [0.1, 0.15) is 0 Å². The zero-order valence-electron chi connectivity index (χ0n) is 20.2. The summed E-state index contributed by atoms with van der Waals surface area (Å²) in [5.41, 5.74) is 3.00. The van der Waals surface area contributed by atoms with Gasteiger partial charge in [0.2, 0.25) is 5.92 Å². The van der Waals surface area contributed by atoms with Crippen LogP contribution in [0.2, 0.25) is 0 Å². The highest BCUT2D eigenvalue weighted by molar-refractivity contribution is 5.26. The number of halogens is 2. The number of alkyl halides is 2. The smallest absolute Gasteiger partial charge is 0.249 e. The first-order valence-electron chi connectivity index (χ1n) is 12.9. The van der Waals surface area contributed by atoms with Crippen LogP contribution in [0.25, 0.3) is 0 Å². The van der Waals surface area contributed by atoms with Crippen LogP contribution in [0, 0.1) is 29.1 Å². The summed E-state index contributed by atoms with van der Waals surface area (Å²) in [4.78, 5) is 2.28. The zero-order chi connectivity index (χ0) is 23.1. The summed E-state index contributed by atoms with van der Waals surface area (Å²) in [6.07, 6.45) is 12.2. The number of likely N-dealkylation sites (tertiary alicyclic amines) is 1. The highest BCUT2D eigenvalue weighted by Crippen LogP contribution is 2.59. The van der Waals surface area contributed by atoms with Gasteiger partial charge in [0.25, 0.3) is 0 Å². The van der Waals surface area contributed by atoms with Gasteiger partial charge in [-0.3, -0.25) is 0 Å². The molecule has 32 heavy (non-hydrogen) atoms. The largest absolute Gasteiger partial charge is 0.393 e. The molecule has 0 aromatic rings. The molecule has 3 saturated carbocycles. The van der Waals surface area contributed by atoms with Crippen LogP contribution in [0.15, 0.2) is 23.3 Å². The molecule has 1 heterocycles. The summed E-state index contributed by atoms with van der Waals surface area (Å²) < 4.78 is 27.5. The topological polar surface area (TPSA) is 43.7 Å². The third kappa shape index (κ3) is 5.15. The summed E-state index contributed by atoms with van der Waals surface area (Å²) in [6.45, 7) is 8.19. The minimum atomic E-state index is -2.57. The first-order chi connectivity index (χ1) is 15.1. The van der Waals surface area contributed by atoms with Gasteiger partial charge in [0.15, 0.2) is 0 Å². The average molecular weight is 452 g/mol. The van der Waals surface area contributed by atoms with Crippen molar-refractivity contribution in [2.24, 2.45) is 29.1 Å². The van der Waals surface area contributed by atoms with Gasteiger partial charge in [-0.15, -0.1) is 0 Å². The van der Waals surface area contributed by atoms with E-state index in [0.717, 1.165) is 32.0 Å². The van der Waals surface area contributed by atoms with E-state index < -0.39 is 24.0 Å². The molecule has 0 amide bonds. The Morgan fingerprint density at radius 2 is 1.88 bits per heavy atom. The van der Waals surface area contributed by atoms with E-state index in [2.05, 4.69) is 30.9 Å². The number of rotatable bonds is 5. The Morgan fingerprint density at radius 3 is 2.53 bits per heavy atom. The predicted octanol–water partition coefficient (Wildman–Crippen LogP) is 5.57. The van der Waals surface area contributed by atoms with E-state index in [9.17, 15) is 19.0 Å². The fraction of sp³-hybridized carbons (Fsp3) is 0.852. The first-order valence-corrected chi connectivity index (χ1v) is 12.9. The second-order valence-electron chi connectivity index (χ2n) is 11.8. The van der Waals surface area contributed by atoms with Crippen LogP contribution in [0.3, 0.4) is 0 Å². The fourth-order valence-corrected chi connectivity index (χ4v) is 7.69. The van der Waals surface area contributed by atoms with Crippen molar-refractivity contribution < 1.29 is 19.0 Å². The van der Waals surface area contributed by atoms with Crippen LogP contribution >= 0.6 is 0 Å². The second-order valence-corrected chi connectivity index (χ2v) is 11.8. The number of aliphatic hydroxyl groups is 2. The Morgan fingerprint density at radius 1 is 1.16 bits per heavy atom. The molecule has 7 atom stereocenters. The number of nitrogens with zero attached hydrogens (tertiary/aromatic N) is 1. The van der Waals surface area contributed by atoms with Gasteiger partial charge in [0.05, 0.1) is 12.2 Å². The molecule has 0 spiro atoms. The molecule has 0 aromatic heterocycles. The molecule has 0 unspecified atom stereocenters. The monoisotopic (exact) mass is 451 g/mol. The molecule has 5 heteroatoms. The average Bonchev–Trinajstić information content (AvgIpc) is 3.29. The quantitative estimate of drug-likeness (QED) is 0.574. The van der Waals surface area contributed by atoms with Gasteiger partial charge in [-0.1, -0.05) is 37.1 Å². The van der Waals surface area contributed by atoms with E-state index in [1.807, 2.05) is 0 Å². The van der Waals surface area contributed by atoms with Crippen LogP contribution in [0.5, 0.6) is 0 Å². The van der Waals surface area contributed by atoms with Crippen molar-refractivity contribution in [2.75, 3.05) is 19.6 Å². The maximum Gasteiger partial charge on any atom is 0.249 e. The second kappa shape index (κ2) is 9.46. The summed E-state index contributed by atoms with van der Waals surface area (Å²) in [5, 5.41) is 20.0. The number of aliphatic hydroxyl groups excluding tert-OH is 2. The maximum absolute atomic E-state index is 13.7.